The highest BCUT2D eigenvalue weighted by Crippen LogP contribution is 2.31. The Morgan fingerprint density at radius 3 is 2.26 bits per heavy atom. The number of nitrogens with zero attached hydrogens (tertiary/aromatic N) is 1. The van der Waals surface area contributed by atoms with Gasteiger partial charge < -0.3 is 4.74 Å². The van der Waals surface area contributed by atoms with Crippen molar-refractivity contribution in [3.63, 3.8) is 0 Å². The number of carbonyl (C=O) groups is 2. The number of carbonyl (C=O) groups excluding carboxylic acids is 2. The van der Waals surface area contributed by atoms with E-state index in [1.807, 2.05) is 72.8 Å². The van der Waals surface area contributed by atoms with Gasteiger partial charge in [-0.3, -0.25) is 14.5 Å². The standard InChI is InChI=1S/C19H17NO3/c1-14(21)23-18-17(13-12-15-8-4-2-5-9-15)20(19(18)22)16-10-6-3-7-11-16/h2-13,17-18H,1H3/b13-12+/t17-,18+/m1/s1. The van der Waals surface area contributed by atoms with Crippen LogP contribution in [-0.4, -0.2) is 24.0 Å². The van der Waals surface area contributed by atoms with E-state index < -0.39 is 12.1 Å². The van der Waals surface area contributed by atoms with Gasteiger partial charge in [0.1, 0.15) is 6.04 Å². The van der Waals surface area contributed by atoms with Gasteiger partial charge in [0, 0.05) is 12.6 Å². The van der Waals surface area contributed by atoms with Gasteiger partial charge in [0.25, 0.3) is 5.91 Å². The molecule has 23 heavy (non-hydrogen) atoms. The van der Waals surface area contributed by atoms with Gasteiger partial charge in [-0.25, -0.2) is 0 Å². The highest BCUT2D eigenvalue weighted by atomic mass is 16.6. The van der Waals surface area contributed by atoms with Crippen molar-refractivity contribution in [3.05, 3.63) is 72.3 Å². The first-order chi connectivity index (χ1) is 11.2. The van der Waals surface area contributed by atoms with E-state index in [2.05, 4.69) is 0 Å². The second kappa shape index (κ2) is 6.48. The molecule has 116 valence electrons. The highest BCUT2D eigenvalue weighted by molar-refractivity contribution is 6.06. The number of rotatable bonds is 4. The number of esters is 1. The van der Waals surface area contributed by atoms with Crippen LogP contribution in [0.15, 0.2) is 66.7 Å². The van der Waals surface area contributed by atoms with Crippen LogP contribution < -0.4 is 4.90 Å². The van der Waals surface area contributed by atoms with Crippen LogP contribution in [0.3, 0.4) is 0 Å². The molecule has 1 fully saturated rings. The lowest BCUT2D eigenvalue weighted by Gasteiger charge is -2.44. The van der Waals surface area contributed by atoms with Crippen LogP contribution in [0, 0.1) is 0 Å². The Morgan fingerprint density at radius 2 is 1.65 bits per heavy atom. The molecule has 2 aromatic rings. The minimum atomic E-state index is -0.757. The molecule has 1 amide bonds. The van der Waals surface area contributed by atoms with E-state index in [4.69, 9.17) is 4.74 Å². The largest absolute Gasteiger partial charge is 0.450 e. The van der Waals surface area contributed by atoms with Crippen LogP contribution in [0.5, 0.6) is 0 Å². The fraction of sp³-hybridized carbons (Fsp3) is 0.158. The molecule has 1 saturated heterocycles. The maximum Gasteiger partial charge on any atom is 0.303 e. The summed E-state index contributed by atoms with van der Waals surface area (Å²) >= 11 is 0. The van der Waals surface area contributed by atoms with Crippen molar-refractivity contribution in [3.8, 4) is 0 Å². The van der Waals surface area contributed by atoms with Crippen LogP contribution in [0.2, 0.25) is 0 Å². The van der Waals surface area contributed by atoms with Crippen LogP contribution in [0.4, 0.5) is 5.69 Å². The van der Waals surface area contributed by atoms with Gasteiger partial charge in [0.15, 0.2) is 0 Å². The number of amides is 1. The zero-order chi connectivity index (χ0) is 16.2. The van der Waals surface area contributed by atoms with Crippen LogP contribution >= 0.6 is 0 Å². The average molecular weight is 307 g/mol. The normalized spacial score (nSPS) is 20.4. The predicted octanol–water partition coefficient (Wildman–Crippen LogP) is 3.05. The van der Waals surface area contributed by atoms with Gasteiger partial charge in [-0.15, -0.1) is 0 Å². The number of para-hydroxylation sites is 1. The molecule has 4 heteroatoms. The molecule has 0 unspecified atom stereocenters. The number of hydrogen-bond acceptors (Lipinski definition) is 3. The zero-order valence-corrected chi connectivity index (χ0v) is 12.8. The topological polar surface area (TPSA) is 46.6 Å². The smallest absolute Gasteiger partial charge is 0.303 e. The van der Waals surface area contributed by atoms with Crippen molar-refractivity contribution >= 4 is 23.6 Å². The summed E-state index contributed by atoms with van der Waals surface area (Å²) in [6, 6.07) is 18.9. The molecule has 1 aliphatic rings. The first kappa shape index (κ1) is 15.0. The molecule has 1 heterocycles. The second-order valence-corrected chi connectivity index (χ2v) is 5.33. The third-order valence-electron chi connectivity index (χ3n) is 3.70. The summed E-state index contributed by atoms with van der Waals surface area (Å²) in [6.07, 6.45) is 3.08. The van der Waals surface area contributed by atoms with E-state index in [0.717, 1.165) is 11.3 Å². The molecular formula is C19H17NO3. The fourth-order valence-electron chi connectivity index (χ4n) is 2.63. The summed E-state index contributed by atoms with van der Waals surface area (Å²) in [5, 5.41) is 0. The molecular weight excluding hydrogens is 290 g/mol. The molecule has 0 spiro atoms. The highest BCUT2D eigenvalue weighted by Gasteiger charge is 2.49. The number of hydrogen-bond donors (Lipinski definition) is 0. The molecule has 1 aliphatic heterocycles. The van der Waals surface area contributed by atoms with Crippen LogP contribution in [0.1, 0.15) is 12.5 Å². The van der Waals surface area contributed by atoms with Crippen molar-refractivity contribution in [2.75, 3.05) is 4.90 Å². The minimum absolute atomic E-state index is 0.200. The molecule has 0 aromatic heterocycles. The number of β-lactam (4-membered cyclic amide) rings is 1. The first-order valence-electron chi connectivity index (χ1n) is 7.45. The summed E-state index contributed by atoms with van der Waals surface area (Å²) in [4.78, 5) is 25.2. The summed E-state index contributed by atoms with van der Waals surface area (Å²) in [6.45, 7) is 1.32. The summed E-state index contributed by atoms with van der Waals surface area (Å²) in [5.41, 5.74) is 1.82. The summed E-state index contributed by atoms with van der Waals surface area (Å²) < 4.78 is 5.17. The van der Waals surface area contributed by atoms with Gasteiger partial charge >= 0.3 is 5.97 Å². The predicted molar refractivity (Wildman–Crippen MR) is 88.7 cm³/mol. The molecule has 2 aromatic carbocycles. The van der Waals surface area contributed by atoms with Crippen molar-refractivity contribution < 1.29 is 14.3 Å². The SMILES string of the molecule is CC(=O)O[C@@H]1C(=O)N(c2ccccc2)[C@@H]1/C=C/c1ccccc1. The minimum Gasteiger partial charge on any atom is -0.450 e. The average Bonchev–Trinajstić information content (AvgIpc) is 2.58. The Hall–Kier alpha value is -2.88. The van der Waals surface area contributed by atoms with Gasteiger partial charge in [0.2, 0.25) is 6.10 Å². The lowest BCUT2D eigenvalue weighted by atomic mass is 9.95. The van der Waals surface area contributed by atoms with Crippen molar-refractivity contribution in [2.45, 2.75) is 19.1 Å². The maximum absolute atomic E-state index is 12.3. The van der Waals surface area contributed by atoms with Gasteiger partial charge in [0.05, 0.1) is 0 Å². The van der Waals surface area contributed by atoms with E-state index in [9.17, 15) is 9.59 Å². The van der Waals surface area contributed by atoms with E-state index in [-0.39, 0.29) is 11.9 Å². The number of anilines is 1. The third-order valence-corrected chi connectivity index (χ3v) is 3.70. The maximum atomic E-state index is 12.3. The monoisotopic (exact) mass is 307 g/mol. The molecule has 0 saturated carbocycles. The molecule has 0 radical (unpaired) electrons. The molecule has 3 rings (SSSR count). The molecule has 2 atom stereocenters. The van der Waals surface area contributed by atoms with E-state index >= 15 is 0 Å². The van der Waals surface area contributed by atoms with E-state index in [1.165, 1.54) is 6.92 Å². The Balaban J connectivity index is 1.86. The first-order valence-corrected chi connectivity index (χ1v) is 7.45. The Labute approximate surface area is 135 Å². The van der Waals surface area contributed by atoms with Gasteiger partial charge in [-0.1, -0.05) is 60.7 Å². The molecule has 0 bridgehead atoms. The van der Waals surface area contributed by atoms with Crippen molar-refractivity contribution in [1.29, 1.82) is 0 Å². The van der Waals surface area contributed by atoms with Crippen molar-refractivity contribution in [2.24, 2.45) is 0 Å². The van der Waals surface area contributed by atoms with E-state index in [0.29, 0.717) is 0 Å². The lowest BCUT2D eigenvalue weighted by molar-refractivity contribution is -0.159. The van der Waals surface area contributed by atoms with Crippen molar-refractivity contribution in [1.82, 2.24) is 0 Å². The van der Waals surface area contributed by atoms with Crippen LogP contribution in [-0.2, 0) is 14.3 Å². The quantitative estimate of drug-likeness (QED) is 0.644. The Bertz CT molecular complexity index is 725. The number of benzene rings is 2. The third kappa shape index (κ3) is 3.16. The summed E-state index contributed by atoms with van der Waals surface area (Å²) in [5.74, 6) is -0.650. The fourth-order valence-corrected chi connectivity index (χ4v) is 2.63. The Kier molecular flexibility index (Phi) is 4.24. The lowest BCUT2D eigenvalue weighted by Crippen LogP contribution is -2.65. The Morgan fingerprint density at radius 1 is 1.04 bits per heavy atom. The molecule has 0 N–H and O–H groups in total. The number of ether oxygens (including phenoxy) is 1. The molecule has 0 aliphatic carbocycles. The van der Waals surface area contributed by atoms with Gasteiger partial charge in [-0.2, -0.15) is 0 Å². The zero-order valence-electron chi connectivity index (χ0n) is 12.8. The summed E-state index contributed by atoms with van der Waals surface area (Å²) in [7, 11) is 0. The molecule has 4 nitrogen and oxygen atoms in total. The van der Waals surface area contributed by atoms with Crippen LogP contribution in [0.25, 0.3) is 6.08 Å². The second-order valence-electron chi connectivity index (χ2n) is 5.33. The van der Waals surface area contributed by atoms with Gasteiger partial charge in [-0.05, 0) is 17.7 Å². The van der Waals surface area contributed by atoms with E-state index in [1.54, 1.807) is 4.90 Å².